The van der Waals surface area contributed by atoms with Crippen molar-refractivity contribution in [2.75, 3.05) is 32.6 Å². The van der Waals surface area contributed by atoms with Crippen LogP contribution >= 0.6 is 15.9 Å². The van der Waals surface area contributed by atoms with Crippen LogP contribution in [0.5, 0.6) is 11.5 Å². The average Bonchev–Trinajstić information content (AvgIpc) is 2.83. The molecule has 0 radical (unpaired) electrons. The number of fused-ring (bicyclic) bond motifs is 2. The summed E-state index contributed by atoms with van der Waals surface area (Å²) in [5.41, 5.74) is 1.32. The number of halogens is 1. The van der Waals surface area contributed by atoms with Gasteiger partial charge in [-0.05, 0) is 24.3 Å². The zero-order valence-electron chi connectivity index (χ0n) is 18.4. The first-order chi connectivity index (χ1) is 15.9. The standard InChI is InChI=1S/C25H24BrN3O4/c1-32-21-14-19(22(33-2)17-6-4-3-5-16(17)21)24(31)29-11-9-25(10-12-29)27-20-8-7-15(26)13-18(20)23(30)28-25/h3-8,13-14,27H,9-12H2,1-2H3,(H,28,30). The Balaban J connectivity index is 1.40. The molecule has 3 aromatic rings. The van der Waals surface area contributed by atoms with Crippen molar-refractivity contribution in [1.29, 1.82) is 0 Å². The van der Waals surface area contributed by atoms with Crippen LogP contribution in [0.1, 0.15) is 33.6 Å². The van der Waals surface area contributed by atoms with Gasteiger partial charge < -0.3 is 25.0 Å². The fourth-order valence-electron chi connectivity index (χ4n) is 4.76. The van der Waals surface area contributed by atoms with Crippen molar-refractivity contribution >= 4 is 44.2 Å². The summed E-state index contributed by atoms with van der Waals surface area (Å²) in [7, 11) is 3.18. The van der Waals surface area contributed by atoms with Crippen LogP contribution in [0.15, 0.2) is 53.0 Å². The summed E-state index contributed by atoms with van der Waals surface area (Å²) >= 11 is 3.42. The number of methoxy groups -OCH3 is 2. The largest absolute Gasteiger partial charge is 0.496 e. The number of amides is 2. The van der Waals surface area contributed by atoms with Crippen molar-refractivity contribution in [3.63, 3.8) is 0 Å². The maximum atomic E-state index is 13.5. The first-order valence-corrected chi connectivity index (χ1v) is 11.6. The van der Waals surface area contributed by atoms with Gasteiger partial charge in [0, 0.05) is 46.9 Å². The third-order valence-corrected chi connectivity index (χ3v) is 6.96. The van der Waals surface area contributed by atoms with Gasteiger partial charge >= 0.3 is 0 Å². The Labute approximate surface area is 200 Å². The van der Waals surface area contributed by atoms with Crippen LogP contribution in [0.4, 0.5) is 5.69 Å². The average molecular weight is 510 g/mol. The van der Waals surface area contributed by atoms with E-state index in [1.54, 1.807) is 20.3 Å². The second-order valence-corrected chi connectivity index (χ2v) is 9.26. The highest BCUT2D eigenvalue weighted by atomic mass is 79.9. The molecule has 2 amide bonds. The zero-order valence-corrected chi connectivity index (χ0v) is 20.0. The van der Waals surface area contributed by atoms with E-state index >= 15 is 0 Å². The van der Waals surface area contributed by atoms with E-state index in [4.69, 9.17) is 9.47 Å². The summed E-state index contributed by atoms with van der Waals surface area (Å²) in [6, 6.07) is 15.1. The molecular formula is C25H24BrN3O4. The minimum Gasteiger partial charge on any atom is -0.496 e. The number of nitrogens with one attached hydrogen (secondary N) is 2. The van der Waals surface area contributed by atoms with E-state index in [2.05, 4.69) is 26.6 Å². The molecule has 170 valence electrons. The lowest BCUT2D eigenvalue weighted by atomic mass is 9.92. The number of piperidine rings is 1. The van der Waals surface area contributed by atoms with Gasteiger partial charge in [-0.1, -0.05) is 40.2 Å². The zero-order chi connectivity index (χ0) is 23.2. The number of carbonyl (C=O) groups excluding carboxylic acids is 2. The van der Waals surface area contributed by atoms with Crippen LogP contribution < -0.4 is 20.1 Å². The SMILES string of the molecule is COc1cc(C(=O)N2CCC3(CC2)NC(=O)c2cc(Br)ccc2N3)c(OC)c2ccccc12. The lowest BCUT2D eigenvalue weighted by molar-refractivity contribution is 0.0637. The van der Waals surface area contributed by atoms with Crippen molar-refractivity contribution in [2.45, 2.75) is 18.5 Å². The van der Waals surface area contributed by atoms with Crippen molar-refractivity contribution in [3.8, 4) is 11.5 Å². The lowest BCUT2D eigenvalue weighted by Crippen LogP contribution is -2.62. The highest BCUT2D eigenvalue weighted by Crippen LogP contribution is 2.38. The normalized spacial score (nSPS) is 16.7. The predicted molar refractivity (Wildman–Crippen MR) is 130 cm³/mol. The number of carbonyl (C=O) groups is 2. The second kappa shape index (κ2) is 8.26. The summed E-state index contributed by atoms with van der Waals surface area (Å²) in [4.78, 5) is 28.1. The second-order valence-electron chi connectivity index (χ2n) is 8.35. The molecule has 0 bridgehead atoms. The van der Waals surface area contributed by atoms with Crippen LogP contribution in [0, 0.1) is 0 Å². The summed E-state index contributed by atoms with van der Waals surface area (Å²) in [5, 5.41) is 8.35. The van der Waals surface area contributed by atoms with E-state index in [-0.39, 0.29) is 11.8 Å². The molecule has 2 heterocycles. The van der Waals surface area contributed by atoms with Gasteiger partial charge in [0.25, 0.3) is 11.8 Å². The minimum atomic E-state index is -0.570. The van der Waals surface area contributed by atoms with Gasteiger partial charge in [0.1, 0.15) is 17.2 Å². The fourth-order valence-corrected chi connectivity index (χ4v) is 5.12. The molecule has 1 saturated heterocycles. The molecule has 0 aliphatic carbocycles. The molecule has 5 rings (SSSR count). The summed E-state index contributed by atoms with van der Waals surface area (Å²) in [5.74, 6) is 0.954. The number of nitrogens with zero attached hydrogens (tertiary/aromatic N) is 1. The molecule has 0 unspecified atom stereocenters. The molecule has 2 aliphatic rings. The Bertz CT molecular complexity index is 1270. The summed E-state index contributed by atoms with van der Waals surface area (Å²) in [6.45, 7) is 0.993. The fraction of sp³-hybridized carbons (Fsp3) is 0.280. The number of rotatable bonds is 3. The van der Waals surface area contributed by atoms with Crippen molar-refractivity contribution in [2.24, 2.45) is 0 Å². The lowest BCUT2D eigenvalue weighted by Gasteiger charge is -2.46. The van der Waals surface area contributed by atoms with E-state index in [9.17, 15) is 9.59 Å². The molecule has 2 aliphatic heterocycles. The number of anilines is 1. The quantitative estimate of drug-likeness (QED) is 0.546. The monoisotopic (exact) mass is 509 g/mol. The third-order valence-electron chi connectivity index (χ3n) is 6.47. The van der Waals surface area contributed by atoms with Crippen molar-refractivity contribution in [1.82, 2.24) is 10.2 Å². The molecule has 2 N–H and O–H groups in total. The van der Waals surface area contributed by atoms with Crippen LogP contribution in [-0.2, 0) is 0 Å². The number of ether oxygens (including phenoxy) is 2. The first kappa shape index (κ1) is 21.6. The van der Waals surface area contributed by atoms with Gasteiger partial charge in [-0.3, -0.25) is 9.59 Å². The number of hydrogen-bond acceptors (Lipinski definition) is 5. The number of likely N-dealkylation sites (tertiary alicyclic amines) is 1. The number of hydrogen-bond donors (Lipinski definition) is 2. The topological polar surface area (TPSA) is 79.9 Å². The van der Waals surface area contributed by atoms with E-state index in [0.717, 1.165) is 20.9 Å². The highest BCUT2D eigenvalue weighted by Gasteiger charge is 2.41. The maximum Gasteiger partial charge on any atom is 0.257 e. The van der Waals surface area contributed by atoms with E-state index in [0.29, 0.717) is 48.6 Å². The van der Waals surface area contributed by atoms with Gasteiger partial charge in [-0.2, -0.15) is 0 Å². The Morgan fingerprint density at radius 3 is 2.42 bits per heavy atom. The van der Waals surface area contributed by atoms with Gasteiger partial charge in [0.2, 0.25) is 0 Å². The first-order valence-electron chi connectivity index (χ1n) is 10.8. The predicted octanol–water partition coefficient (Wildman–Crippen LogP) is 4.41. The summed E-state index contributed by atoms with van der Waals surface area (Å²) in [6.07, 6.45) is 1.18. The summed E-state index contributed by atoms with van der Waals surface area (Å²) < 4.78 is 12.1. The van der Waals surface area contributed by atoms with Gasteiger partial charge in [0.15, 0.2) is 0 Å². The Hall–Kier alpha value is -3.26. The highest BCUT2D eigenvalue weighted by molar-refractivity contribution is 9.10. The molecular weight excluding hydrogens is 486 g/mol. The molecule has 3 aromatic carbocycles. The Morgan fingerprint density at radius 1 is 1.00 bits per heavy atom. The van der Waals surface area contributed by atoms with E-state index in [1.807, 2.05) is 47.4 Å². The Kier molecular flexibility index (Phi) is 5.40. The molecule has 0 saturated carbocycles. The molecule has 1 fully saturated rings. The molecule has 7 nitrogen and oxygen atoms in total. The van der Waals surface area contributed by atoms with Gasteiger partial charge in [-0.15, -0.1) is 0 Å². The molecule has 8 heteroatoms. The smallest absolute Gasteiger partial charge is 0.257 e. The van der Waals surface area contributed by atoms with Crippen LogP contribution in [-0.4, -0.2) is 49.7 Å². The van der Waals surface area contributed by atoms with Gasteiger partial charge in [0.05, 0.1) is 25.3 Å². The van der Waals surface area contributed by atoms with Crippen molar-refractivity contribution in [3.05, 3.63) is 64.1 Å². The molecule has 33 heavy (non-hydrogen) atoms. The number of benzene rings is 3. The third kappa shape index (κ3) is 3.68. The molecule has 0 atom stereocenters. The Morgan fingerprint density at radius 2 is 1.73 bits per heavy atom. The maximum absolute atomic E-state index is 13.5. The van der Waals surface area contributed by atoms with Gasteiger partial charge in [-0.25, -0.2) is 0 Å². The van der Waals surface area contributed by atoms with E-state index in [1.165, 1.54) is 0 Å². The van der Waals surface area contributed by atoms with E-state index < -0.39 is 5.66 Å². The van der Waals surface area contributed by atoms with Crippen LogP contribution in [0.3, 0.4) is 0 Å². The van der Waals surface area contributed by atoms with Crippen LogP contribution in [0.25, 0.3) is 10.8 Å². The van der Waals surface area contributed by atoms with Crippen LogP contribution in [0.2, 0.25) is 0 Å². The minimum absolute atomic E-state index is 0.106. The van der Waals surface area contributed by atoms with Crippen molar-refractivity contribution < 1.29 is 19.1 Å². The molecule has 1 spiro atoms. The molecule has 0 aromatic heterocycles.